The van der Waals surface area contributed by atoms with Gasteiger partial charge in [-0.25, -0.2) is 13.8 Å². The fraction of sp³-hybridized carbons (Fsp3) is 0.125. The van der Waals surface area contributed by atoms with Crippen molar-refractivity contribution in [3.63, 3.8) is 0 Å². The molecule has 0 bridgehead atoms. The number of hydrogen-bond donors (Lipinski definition) is 1. The van der Waals surface area contributed by atoms with Crippen molar-refractivity contribution in [2.45, 2.75) is 16.5 Å². The summed E-state index contributed by atoms with van der Waals surface area (Å²) in [5, 5.41) is 2.31. The first-order chi connectivity index (χ1) is 11.4. The fourth-order valence-corrected chi connectivity index (χ4v) is 4.33. The van der Waals surface area contributed by atoms with E-state index in [1.165, 1.54) is 29.2 Å². The Kier molecular flexibility index (Phi) is 5.03. The number of nitrogens with one attached hydrogen (secondary N) is 1. The van der Waals surface area contributed by atoms with Crippen molar-refractivity contribution in [1.29, 1.82) is 0 Å². The minimum atomic E-state index is -0.810. The topological polar surface area (TPSA) is 42.0 Å². The number of thioether (sulfide) groups is 1. The predicted molar refractivity (Wildman–Crippen MR) is 94.9 cm³/mol. The summed E-state index contributed by atoms with van der Waals surface area (Å²) in [5.41, 5.74) is 0.314. The van der Waals surface area contributed by atoms with E-state index in [1.54, 1.807) is 19.1 Å². The van der Waals surface area contributed by atoms with Crippen LogP contribution in [0.2, 0.25) is 5.02 Å². The molecule has 3 rings (SSSR count). The number of aromatic nitrogens is 1. The van der Waals surface area contributed by atoms with Gasteiger partial charge in [0.2, 0.25) is 5.91 Å². The number of rotatable bonds is 4. The van der Waals surface area contributed by atoms with E-state index in [0.717, 1.165) is 22.3 Å². The number of hydrogen-bond acceptors (Lipinski definition) is 4. The van der Waals surface area contributed by atoms with Gasteiger partial charge in [-0.1, -0.05) is 29.4 Å². The van der Waals surface area contributed by atoms with Gasteiger partial charge in [-0.15, -0.1) is 11.3 Å². The van der Waals surface area contributed by atoms with Gasteiger partial charge in [0.25, 0.3) is 0 Å². The van der Waals surface area contributed by atoms with Gasteiger partial charge in [-0.2, -0.15) is 0 Å². The van der Waals surface area contributed by atoms with Crippen LogP contribution in [0, 0.1) is 11.6 Å². The minimum Gasteiger partial charge on any atom is -0.320 e. The van der Waals surface area contributed by atoms with Crippen LogP contribution < -0.4 is 5.32 Å². The molecule has 0 aliphatic carbocycles. The summed E-state index contributed by atoms with van der Waals surface area (Å²) in [7, 11) is 0. The lowest BCUT2D eigenvalue weighted by atomic mass is 10.3. The van der Waals surface area contributed by atoms with Gasteiger partial charge in [0, 0.05) is 5.02 Å². The van der Waals surface area contributed by atoms with Crippen LogP contribution in [0.5, 0.6) is 0 Å². The summed E-state index contributed by atoms with van der Waals surface area (Å²) < 4.78 is 28.8. The number of halogens is 3. The van der Waals surface area contributed by atoms with E-state index in [-0.39, 0.29) is 0 Å². The quantitative estimate of drug-likeness (QED) is 0.617. The Bertz CT molecular complexity index is 896. The van der Waals surface area contributed by atoms with Gasteiger partial charge < -0.3 is 5.32 Å². The highest BCUT2D eigenvalue weighted by Gasteiger charge is 2.20. The lowest BCUT2D eigenvalue weighted by Crippen LogP contribution is -2.23. The molecule has 0 saturated carbocycles. The molecule has 3 aromatic rings. The average molecular weight is 385 g/mol. The van der Waals surface area contributed by atoms with Crippen LogP contribution in [0.1, 0.15) is 6.92 Å². The smallest absolute Gasteiger partial charge is 0.237 e. The van der Waals surface area contributed by atoms with Gasteiger partial charge in [-0.05, 0) is 37.3 Å². The first kappa shape index (κ1) is 17.1. The summed E-state index contributed by atoms with van der Waals surface area (Å²) in [6, 6.07) is 8.80. The monoisotopic (exact) mass is 384 g/mol. The molecule has 0 spiro atoms. The van der Waals surface area contributed by atoms with E-state index in [4.69, 9.17) is 11.6 Å². The molecule has 0 radical (unpaired) electrons. The van der Waals surface area contributed by atoms with Gasteiger partial charge in [0.05, 0.1) is 15.5 Å². The van der Waals surface area contributed by atoms with E-state index in [0.29, 0.717) is 9.36 Å². The lowest BCUT2D eigenvalue weighted by molar-refractivity contribution is -0.115. The third kappa shape index (κ3) is 3.68. The molecule has 0 saturated heterocycles. The molecule has 0 fully saturated rings. The molecule has 1 amide bonds. The van der Waals surface area contributed by atoms with Gasteiger partial charge in [-0.3, -0.25) is 4.79 Å². The molecule has 3 nitrogen and oxygen atoms in total. The van der Waals surface area contributed by atoms with E-state index >= 15 is 0 Å². The summed E-state index contributed by atoms with van der Waals surface area (Å²) in [6.45, 7) is 1.65. The van der Waals surface area contributed by atoms with Crippen LogP contribution >= 0.6 is 34.7 Å². The van der Waals surface area contributed by atoms with Crippen LogP contribution in [0.4, 0.5) is 14.5 Å². The molecular formula is C16H11ClF2N2OS2. The molecule has 0 aliphatic rings. The van der Waals surface area contributed by atoms with E-state index < -0.39 is 28.5 Å². The third-order valence-electron chi connectivity index (χ3n) is 3.19. The number of anilines is 1. The Morgan fingerprint density at radius 2 is 2.00 bits per heavy atom. The first-order valence-electron chi connectivity index (χ1n) is 6.91. The molecular weight excluding hydrogens is 374 g/mol. The Hall–Kier alpha value is -1.70. The number of nitrogens with zero attached hydrogens (tertiary/aromatic N) is 1. The molecule has 2 aromatic carbocycles. The number of carbonyl (C=O) groups is 1. The largest absolute Gasteiger partial charge is 0.320 e. The van der Waals surface area contributed by atoms with E-state index in [1.807, 2.05) is 6.07 Å². The van der Waals surface area contributed by atoms with Crippen molar-refractivity contribution in [2.75, 3.05) is 5.32 Å². The zero-order valence-electron chi connectivity index (χ0n) is 12.3. The second kappa shape index (κ2) is 7.04. The molecule has 8 heteroatoms. The maximum absolute atomic E-state index is 13.6. The summed E-state index contributed by atoms with van der Waals surface area (Å²) in [5.74, 6) is -2.12. The Labute approximate surface area is 150 Å². The number of para-hydroxylation sites is 1. The van der Waals surface area contributed by atoms with Gasteiger partial charge >= 0.3 is 0 Å². The first-order valence-corrected chi connectivity index (χ1v) is 8.99. The predicted octanol–water partition coefficient (Wildman–Crippen LogP) is 5.35. The normalized spacial score (nSPS) is 12.3. The molecule has 1 atom stereocenters. The summed E-state index contributed by atoms with van der Waals surface area (Å²) in [4.78, 5) is 16.6. The summed E-state index contributed by atoms with van der Waals surface area (Å²) in [6.07, 6.45) is 0. The highest BCUT2D eigenvalue weighted by molar-refractivity contribution is 8.02. The molecule has 24 heavy (non-hydrogen) atoms. The molecule has 124 valence electrons. The number of benzene rings is 2. The van der Waals surface area contributed by atoms with Crippen molar-refractivity contribution >= 4 is 56.5 Å². The Balaban J connectivity index is 1.73. The SMILES string of the molecule is CC(Sc1nc2cc(Cl)ccc2s1)C(=O)Nc1c(F)cccc1F. The molecule has 1 heterocycles. The van der Waals surface area contributed by atoms with Crippen molar-refractivity contribution in [3.8, 4) is 0 Å². The van der Waals surface area contributed by atoms with E-state index in [9.17, 15) is 13.6 Å². The van der Waals surface area contributed by atoms with Crippen LogP contribution in [0.3, 0.4) is 0 Å². The second-order valence-corrected chi connectivity index (χ2v) is 7.99. The van der Waals surface area contributed by atoms with Crippen molar-refractivity contribution in [2.24, 2.45) is 0 Å². The zero-order valence-corrected chi connectivity index (χ0v) is 14.7. The molecule has 1 unspecified atom stereocenters. The number of carbonyl (C=O) groups excluding carboxylic acids is 1. The number of thiazole rings is 1. The lowest BCUT2D eigenvalue weighted by Gasteiger charge is -2.11. The highest BCUT2D eigenvalue weighted by Crippen LogP contribution is 2.33. The van der Waals surface area contributed by atoms with Crippen LogP contribution in [0.15, 0.2) is 40.7 Å². The molecule has 0 aliphatic heterocycles. The molecule has 1 N–H and O–H groups in total. The second-order valence-electron chi connectivity index (χ2n) is 4.94. The van der Waals surface area contributed by atoms with Gasteiger partial charge in [0.1, 0.15) is 17.3 Å². The average Bonchev–Trinajstić information content (AvgIpc) is 2.92. The maximum Gasteiger partial charge on any atom is 0.237 e. The van der Waals surface area contributed by atoms with Crippen LogP contribution in [0.25, 0.3) is 10.2 Å². The van der Waals surface area contributed by atoms with Crippen LogP contribution in [-0.2, 0) is 4.79 Å². The standard InChI is InChI=1S/C16H11ClF2N2OS2/c1-8(15(22)21-14-10(18)3-2-4-11(14)19)23-16-20-12-7-9(17)5-6-13(12)24-16/h2-8H,1H3,(H,21,22). The van der Waals surface area contributed by atoms with Gasteiger partial charge in [0.15, 0.2) is 4.34 Å². The van der Waals surface area contributed by atoms with E-state index in [2.05, 4.69) is 10.3 Å². The van der Waals surface area contributed by atoms with Crippen molar-refractivity contribution in [3.05, 3.63) is 53.1 Å². The zero-order chi connectivity index (χ0) is 17.3. The third-order valence-corrected chi connectivity index (χ3v) is 5.65. The van der Waals surface area contributed by atoms with Crippen LogP contribution in [-0.4, -0.2) is 16.1 Å². The van der Waals surface area contributed by atoms with Crippen molar-refractivity contribution < 1.29 is 13.6 Å². The van der Waals surface area contributed by atoms with Crippen molar-refractivity contribution in [1.82, 2.24) is 4.98 Å². The minimum absolute atomic E-state index is 0.439. The molecule has 1 aromatic heterocycles. The Morgan fingerprint density at radius 3 is 2.71 bits per heavy atom. The Morgan fingerprint density at radius 1 is 1.29 bits per heavy atom. The highest BCUT2D eigenvalue weighted by atomic mass is 35.5. The maximum atomic E-state index is 13.6. The fourth-order valence-electron chi connectivity index (χ4n) is 1.98. The number of fused-ring (bicyclic) bond motifs is 1. The number of amides is 1. The summed E-state index contributed by atoms with van der Waals surface area (Å²) >= 11 is 8.58.